The van der Waals surface area contributed by atoms with Gasteiger partial charge >= 0.3 is 0 Å². The molecular formula is C100H92. The van der Waals surface area contributed by atoms with Crippen molar-refractivity contribution < 1.29 is 0 Å². The zero-order chi connectivity index (χ0) is 70.1. The Labute approximate surface area is 592 Å². The van der Waals surface area contributed by atoms with Crippen molar-refractivity contribution >= 4 is 129 Å². The Bertz CT molecular complexity index is 5990. The molecular weight excluding hydrogens is 1200 g/mol. The molecule has 0 bridgehead atoms. The molecule has 492 valence electrons. The summed E-state index contributed by atoms with van der Waals surface area (Å²) in [4.78, 5) is 0. The van der Waals surface area contributed by atoms with E-state index in [9.17, 15) is 0 Å². The van der Waals surface area contributed by atoms with E-state index in [1.807, 2.05) is 0 Å². The fraction of sp³-hybridized carbons (Fsp3) is 0.160. The van der Waals surface area contributed by atoms with Gasteiger partial charge in [-0.05, 0) is 322 Å². The first-order valence-corrected chi connectivity index (χ1v) is 35.5. The Balaban J connectivity index is 0.000000108. The van der Waals surface area contributed by atoms with Crippen LogP contribution in [0.1, 0.15) is 93.1 Å². The highest BCUT2D eigenvalue weighted by atomic mass is 14.2. The third-order valence-corrected chi connectivity index (χ3v) is 20.9. The summed E-state index contributed by atoms with van der Waals surface area (Å²) in [5.41, 5.74) is 18.0. The number of rotatable bonds is 0. The molecule has 0 unspecified atom stereocenters. The summed E-state index contributed by atoms with van der Waals surface area (Å²) in [6.45, 7) is 33.1. The van der Waals surface area contributed by atoms with Crippen LogP contribution < -0.4 is 0 Å². The molecule has 0 saturated carbocycles. The molecule has 0 atom stereocenters. The van der Waals surface area contributed by atoms with Crippen molar-refractivity contribution in [3.63, 3.8) is 0 Å². The molecule has 18 aromatic carbocycles. The van der Waals surface area contributed by atoms with Gasteiger partial charge in [0.05, 0.1) is 0 Å². The SMILES string of the molecule is Cc1c2ccccc2cc2ccc(C(C)(C)C)cc12.Cc1c2ccccc2cc2ccccc12.Cc1cc2cc3cc(C)c(C)cc3c(C)c2cc1C.Cc1ccc2c(C)c3cc(C)ccc3cc2c1.Cc1ccc2cc3ccccc3cc2c1.Cc1cccc2cc3ccccc3cc12. The fourth-order valence-electron chi connectivity index (χ4n) is 14.6. The van der Waals surface area contributed by atoms with E-state index in [-0.39, 0.29) is 5.41 Å². The first-order chi connectivity index (χ1) is 48.1. The Kier molecular flexibility index (Phi) is 19.3. The predicted octanol–water partition coefficient (Wildman–Crippen LogP) is 29.0. The van der Waals surface area contributed by atoms with Gasteiger partial charge in [-0.25, -0.2) is 0 Å². The second-order valence-electron chi connectivity index (χ2n) is 29.2. The van der Waals surface area contributed by atoms with E-state index in [1.54, 1.807) is 0 Å². The molecule has 0 spiro atoms. The Morgan fingerprint density at radius 3 is 0.970 bits per heavy atom. The van der Waals surface area contributed by atoms with Crippen LogP contribution >= 0.6 is 0 Å². The molecule has 18 aromatic rings. The second-order valence-corrected chi connectivity index (χ2v) is 29.2. The average Bonchev–Trinajstić information content (AvgIpc) is 0.784. The summed E-state index contributed by atoms with van der Waals surface area (Å²) in [6, 6.07) is 104. The largest absolute Gasteiger partial charge is 0.0616 e. The number of benzene rings is 18. The lowest BCUT2D eigenvalue weighted by Crippen LogP contribution is -2.10. The van der Waals surface area contributed by atoms with Crippen molar-refractivity contribution in [3.8, 4) is 0 Å². The van der Waals surface area contributed by atoms with Gasteiger partial charge in [0.2, 0.25) is 0 Å². The molecule has 100 heavy (non-hydrogen) atoms. The van der Waals surface area contributed by atoms with Gasteiger partial charge in [0.25, 0.3) is 0 Å². The summed E-state index contributed by atoms with van der Waals surface area (Å²) in [7, 11) is 0. The molecule has 0 heteroatoms. The van der Waals surface area contributed by atoms with Crippen LogP contribution in [0.2, 0.25) is 0 Å². The molecule has 0 nitrogen and oxygen atoms in total. The summed E-state index contributed by atoms with van der Waals surface area (Å²) in [5, 5.41) is 32.3. The van der Waals surface area contributed by atoms with Crippen LogP contribution in [0, 0.1) is 83.1 Å². The van der Waals surface area contributed by atoms with Crippen LogP contribution in [0.4, 0.5) is 0 Å². The van der Waals surface area contributed by atoms with Crippen LogP contribution in [0.3, 0.4) is 0 Å². The molecule has 0 N–H and O–H groups in total. The lowest BCUT2D eigenvalue weighted by molar-refractivity contribution is 0.591. The van der Waals surface area contributed by atoms with Crippen LogP contribution in [-0.4, -0.2) is 0 Å². The Morgan fingerprint density at radius 1 is 0.160 bits per heavy atom. The Hall–Kier alpha value is -10.9. The maximum absolute atomic E-state index is 2.36. The van der Waals surface area contributed by atoms with Gasteiger partial charge in [0, 0.05) is 0 Å². The molecule has 18 rings (SSSR count). The number of hydrogen-bond donors (Lipinski definition) is 0. The smallest absolute Gasteiger partial charge is 0.0132 e. The van der Waals surface area contributed by atoms with Crippen molar-refractivity contribution in [2.75, 3.05) is 0 Å². The summed E-state index contributed by atoms with van der Waals surface area (Å²) < 4.78 is 0. The van der Waals surface area contributed by atoms with Gasteiger partial charge in [0.1, 0.15) is 0 Å². The van der Waals surface area contributed by atoms with Gasteiger partial charge in [0.15, 0.2) is 0 Å². The third kappa shape index (κ3) is 14.3. The lowest BCUT2D eigenvalue weighted by atomic mass is 9.85. The van der Waals surface area contributed by atoms with Gasteiger partial charge in [-0.15, -0.1) is 0 Å². The molecule has 0 saturated heterocycles. The highest BCUT2D eigenvalue weighted by Gasteiger charge is 2.16. The molecule has 0 radical (unpaired) electrons. The topological polar surface area (TPSA) is 0 Å². The monoisotopic (exact) mass is 1290 g/mol. The summed E-state index contributed by atoms with van der Waals surface area (Å²) >= 11 is 0. The number of fused-ring (bicyclic) bond motifs is 12. The zero-order valence-electron chi connectivity index (χ0n) is 61.1. The van der Waals surface area contributed by atoms with Crippen LogP contribution in [0.5, 0.6) is 0 Å². The first-order valence-electron chi connectivity index (χ1n) is 35.5. The zero-order valence-corrected chi connectivity index (χ0v) is 61.1. The van der Waals surface area contributed by atoms with Gasteiger partial charge in [-0.2, -0.15) is 0 Å². The number of hydrogen-bond acceptors (Lipinski definition) is 0. The summed E-state index contributed by atoms with van der Waals surface area (Å²) in [5.74, 6) is 0. The third-order valence-electron chi connectivity index (χ3n) is 20.9. The number of aryl methyl sites for hydroxylation is 12. The second kappa shape index (κ2) is 28.5. The molecule has 0 aliphatic heterocycles. The van der Waals surface area contributed by atoms with E-state index in [4.69, 9.17) is 0 Å². The van der Waals surface area contributed by atoms with Crippen molar-refractivity contribution in [1.82, 2.24) is 0 Å². The van der Waals surface area contributed by atoms with Crippen molar-refractivity contribution in [2.24, 2.45) is 0 Å². The normalized spacial score (nSPS) is 11.3. The standard InChI is InChI=1S/2C19H20.C17H16.3C15H12/c1-11-6-16-10-17-7-12(2)14(4)9-19(17)15(5)18(16)8-13(11)3;1-13-17-8-6-5-7-14(17)11-15-9-10-16(12-18(13)15)19(2,3)4;1-11-5-7-16-13(3)17-9-12(2)4-6-14(17)10-15(16)8-11;1-11-14-8-4-2-6-12(14)10-13-7-3-5-9-15(11)13;1-11-5-4-8-14-9-12-6-2-3-7-13(12)10-15(11)14;1-11-6-7-14-9-12-4-2-3-5-13(12)10-15(14)8-11/h6-10H,1-5H3;5-12H,1-4H3;4-10H,1-3H3;3*2-10H,1H3. The molecule has 0 aliphatic rings. The highest BCUT2D eigenvalue weighted by Crippen LogP contribution is 2.36. The van der Waals surface area contributed by atoms with Gasteiger partial charge in [-0.3, -0.25) is 0 Å². The molecule has 0 amide bonds. The average molecular weight is 1290 g/mol. The van der Waals surface area contributed by atoms with E-state index in [2.05, 4.69) is 389 Å². The van der Waals surface area contributed by atoms with Gasteiger partial charge < -0.3 is 0 Å². The molecule has 0 aromatic heterocycles. The Morgan fingerprint density at radius 2 is 0.450 bits per heavy atom. The van der Waals surface area contributed by atoms with Crippen LogP contribution in [0.25, 0.3) is 129 Å². The van der Waals surface area contributed by atoms with Crippen LogP contribution in [-0.2, 0) is 5.41 Å². The van der Waals surface area contributed by atoms with Crippen LogP contribution in [0.15, 0.2) is 285 Å². The quantitative estimate of drug-likeness (QED) is 0.133. The molecule has 0 heterocycles. The van der Waals surface area contributed by atoms with E-state index >= 15 is 0 Å². The highest BCUT2D eigenvalue weighted by molar-refractivity contribution is 6.07. The first kappa shape index (κ1) is 67.6. The van der Waals surface area contributed by atoms with Gasteiger partial charge in [-0.1, -0.05) is 274 Å². The van der Waals surface area contributed by atoms with Crippen molar-refractivity contribution in [1.29, 1.82) is 0 Å². The molecule has 0 fully saturated rings. The summed E-state index contributed by atoms with van der Waals surface area (Å²) in [6.07, 6.45) is 0. The maximum Gasteiger partial charge on any atom is -0.0132 e. The maximum atomic E-state index is 2.36. The predicted molar refractivity (Wildman–Crippen MR) is 444 cm³/mol. The minimum absolute atomic E-state index is 0.201. The molecule has 0 aliphatic carbocycles. The van der Waals surface area contributed by atoms with E-state index in [0.717, 1.165) is 0 Å². The fourth-order valence-corrected chi connectivity index (χ4v) is 14.6. The van der Waals surface area contributed by atoms with Crippen molar-refractivity contribution in [3.05, 3.63) is 357 Å². The lowest BCUT2D eigenvalue weighted by Gasteiger charge is -2.20. The van der Waals surface area contributed by atoms with Crippen molar-refractivity contribution in [2.45, 2.75) is 109 Å². The van der Waals surface area contributed by atoms with E-state index in [1.165, 1.54) is 202 Å². The minimum Gasteiger partial charge on any atom is -0.0616 e. The van der Waals surface area contributed by atoms with E-state index in [0.29, 0.717) is 0 Å². The van der Waals surface area contributed by atoms with E-state index < -0.39 is 0 Å². The minimum atomic E-state index is 0.201.